The molecule has 1 rings (SSSR count). The molecule has 0 aliphatic rings. The minimum absolute atomic E-state index is 0.0131. The van der Waals surface area contributed by atoms with Gasteiger partial charge in [-0.3, -0.25) is 5.32 Å². The van der Waals surface area contributed by atoms with Gasteiger partial charge in [0.25, 0.3) is 0 Å². The first-order chi connectivity index (χ1) is 28.7. The molecule has 0 saturated heterocycles. The number of aliphatic imine (C=N–C) groups is 2. The van der Waals surface area contributed by atoms with Crippen molar-refractivity contribution < 1.29 is 47.7 Å². The highest BCUT2D eigenvalue weighted by molar-refractivity contribution is 7.10. The van der Waals surface area contributed by atoms with Crippen LogP contribution in [0.25, 0.3) is 0 Å². The topological polar surface area (TPSA) is 223 Å². The molecule has 63 heavy (non-hydrogen) atoms. The van der Waals surface area contributed by atoms with Gasteiger partial charge in [-0.25, -0.2) is 38.8 Å². The van der Waals surface area contributed by atoms with Gasteiger partial charge >= 0.3 is 30.5 Å². The zero-order valence-electron chi connectivity index (χ0n) is 40.4. The minimum atomic E-state index is -1.02. The van der Waals surface area contributed by atoms with Crippen molar-refractivity contribution in [2.24, 2.45) is 9.98 Å². The molecule has 0 saturated carbocycles. The van der Waals surface area contributed by atoms with Gasteiger partial charge in [-0.1, -0.05) is 25.2 Å². The van der Waals surface area contributed by atoms with Crippen LogP contribution in [0.1, 0.15) is 166 Å². The van der Waals surface area contributed by atoms with Crippen molar-refractivity contribution in [3.8, 4) is 11.8 Å². The largest absolute Gasteiger partial charge is 0.444 e. The van der Waals surface area contributed by atoms with E-state index in [4.69, 9.17) is 29.1 Å². The van der Waals surface area contributed by atoms with Crippen LogP contribution in [-0.2, 0) is 23.7 Å². The lowest BCUT2D eigenvalue weighted by Gasteiger charge is -2.34. The molecule has 5 amide bonds. The maximum absolute atomic E-state index is 14.0. The van der Waals surface area contributed by atoms with Gasteiger partial charge in [-0.2, -0.15) is 0 Å². The fourth-order valence-corrected chi connectivity index (χ4v) is 5.53. The number of carbonyl (C=O) groups is 5. The van der Waals surface area contributed by atoms with Gasteiger partial charge in [0.15, 0.2) is 5.01 Å². The third-order valence-corrected chi connectivity index (χ3v) is 7.89. The highest BCUT2D eigenvalue weighted by Gasteiger charge is 2.35. The lowest BCUT2D eigenvalue weighted by molar-refractivity contribution is 0.0271. The zero-order valence-corrected chi connectivity index (χ0v) is 41.2. The Hall–Kier alpha value is -5.25. The number of hydrogen-bond donors (Lipinski definition) is 3. The van der Waals surface area contributed by atoms with Crippen LogP contribution in [0.3, 0.4) is 0 Å². The first-order valence-electron chi connectivity index (χ1n) is 21.1. The van der Waals surface area contributed by atoms with Crippen molar-refractivity contribution in [2.45, 2.75) is 184 Å². The highest BCUT2D eigenvalue weighted by atomic mass is 32.1. The van der Waals surface area contributed by atoms with Gasteiger partial charge in [0.05, 0.1) is 11.4 Å². The summed E-state index contributed by atoms with van der Waals surface area (Å²) in [6, 6.07) is 0. The number of nitrogens with one attached hydrogen (secondary N) is 3. The fraction of sp³-hybridized carbons (Fsp3) is 0.705. The molecule has 1 aromatic rings. The fourth-order valence-electron chi connectivity index (χ4n) is 4.80. The van der Waals surface area contributed by atoms with E-state index in [2.05, 4.69) is 37.4 Å². The predicted molar refractivity (Wildman–Crippen MR) is 244 cm³/mol. The van der Waals surface area contributed by atoms with E-state index in [1.54, 1.807) is 116 Å². The first-order valence-corrected chi connectivity index (χ1v) is 22.0. The van der Waals surface area contributed by atoms with E-state index in [0.717, 1.165) is 9.80 Å². The van der Waals surface area contributed by atoms with Gasteiger partial charge in [0.2, 0.25) is 11.9 Å². The van der Waals surface area contributed by atoms with Gasteiger partial charge in [0, 0.05) is 31.4 Å². The second-order valence-corrected chi connectivity index (χ2v) is 20.3. The maximum atomic E-state index is 14.0. The van der Waals surface area contributed by atoms with Crippen LogP contribution in [0.4, 0.5) is 24.0 Å². The van der Waals surface area contributed by atoms with Crippen molar-refractivity contribution in [2.75, 3.05) is 19.6 Å². The summed E-state index contributed by atoms with van der Waals surface area (Å²) in [7, 11) is 0. The summed E-state index contributed by atoms with van der Waals surface area (Å²) in [6.07, 6.45) is -0.706. The number of guanidine groups is 2. The molecule has 0 atom stereocenters. The van der Waals surface area contributed by atoms with E-state index in [1.807, 2.05) is 0 Å². The van der Waals surface area contributed by atoms with Crippen LogP contribution in [0.5, 0.6) is 0 Å². The van der Waals surface area contributed by atoms with E-state index in [1.165, 1.54) is 11.3 Å². The highest BCUT2D eigenvalue weighted by Crippen LogP contribution is 2.19. The van der Waals surface area contributed by atoms with E-state index in [9.17, 15) is 24.0 Å². The summed E-state index contributed by atoms with van der Waals surface area (Å²) in [6.45, 7) is 27.4. The van der Waals surface area contributed by atoms with Crippen molar-refractivity contribution in [1.82, 2.24) is 25.4 Å². The molecule has 1 heterocycles. The van der Waals surface area contributed by atoms with Crippen LogP contribution < -0.4 is 10.6 Å². The van der Waals surface area contributed by atoms with Crippen LogP contribution in [0, 0.1) is 17.3 Å². The summed E-state index contributed by atoms with van der Waals surface area (Å²) >= 11 is 1.32. The predicted octanol–water partition coefficient (Wildman–Crippen LogP) is 9.78. The van der Waals surface area contributed by atoms with Crippen molar-refractivity contribution in [3.05, 3.63) is 16.1 Å². The molecule has 0 unspecified atom stereocenters. The second kappa shape index (κ2) is 24.6. The van der Waals surface area contributed by atoms with E-state index >= 15 is 0 Å². The first kappa shape index (κ1) is 55.8. The number of alkyl carbamates (subject to hydrolysis) is 1. The Bertz CT molecular complexity index is 1850. The molecule has 0 radical (unpaired) electrons. The van der Waals surface area contributed by atoms with Crippen molar-refractivity contribution in [1.29, 1.82) is 5.41 Å². The average Bonchev–Trinajstić information content (AvgIpc) is 3.54. The summed E-state index contributed by atoms with van der Waals surface area (Å²) in [5.41, 5.74) is -3.51. The molecule has 3 N–H and O–H groups in total. The van der Waals surface area contributed by atoms with Crippen LogP contribution in [0.15, 0.2) is 15.4 Å². The van der Waals surface area contributed by atoms with Gasteiger partial charge in [-0.05, 0) is 136 Å². The molecule has 19 heteroatoms. The lowest BCUT2D eigenvalue weighted by Crippen LogP contribution is -2.53. The number of aromatic nitrogens is 1. The standard InChI is InChI=1S/C44H72N8O10S/c1-30(45)31-29-63-32(47-31)25-21-20-24-28-52(39(57)62-44(14,15)16)34(50-37(55)60-42(8,9)10)51(38(56)61-43(11,12)13)27-23-19-17-18-22-26-46-33(48-35(53)58-40(2,3)4)49-36(54)59-41(5,6)7/h29,45H,17-20,22-24,26-28H2,1-16H3,(H2,46,48,49,53,54)/b45-30?,50-34-. The number of rotatable bonds is 12. The Balaban J connectivity index is 3.34. The van der Waals surface area contributed by atoms with E-state index in [0.29, 0.717) is 67.9 Å². The molecule has 0 aliphatic carbocycles. The average molecular weight is 905 g/mol. The Kier molecular flexibility index (Phi) is 21.7. The zero-order chi connectivity index (χ0) is 48.4. The van der Waals surface area contributed by atoms with Crippen LogP contribution in [-0.4, -0.2) is 111 Å². The van der Waals surface area contributed by atoms with Crippen LogP contribution in [0.2, 0.25) is 0 Å². The van der Waals surface area contributed by atoms with Crippen molar-refractivity contribution in [3.63, 3.8) is 0 Å². The quantitative estimate of drug-likeness (QED) is 0.0586. The SMILES string of the molecule is CC(=N)c1csc(C#CCCCN(C(=O)OC(C)(C)C)/C(=N\C(=O)OC(C)(C)C)N(CCCCCCCN/C(=N\C(=O)OC(C)(C)C)NC(=O)OC(C)(C)C)C(=O)OC(C)(C)C)n1. The minimum Gasteiger partial charge on any atom is -0.444 e. The number of carbonyl (C=O) groups excluding carboxylic acids is 5. The van der Waals surface area contributed by atoms with Crippen LogP contribution >= 0.6 is 11.3 Å². The van der Waals surface area contributed by atoms with Gasteiger partial charge in [-0.15, -0.1) is 21.3 Å². The lowest BCUT2D eigenvalue weighted by atomic mass is 10.1. The Morgan fingerprint density at radius 2 is 1.13 bits per heavy atom. The molecule has 0 fully saturated rings. The van der Waals surface area contributed by atoms with Gasteiger partial charge in [0.1, 0.15) is 28.0 Å². The smallest absolute Gasteiger partial charge is 0.437 e. The second-order valence-electron chi connectivity index (χ2n) is 19.5. The molecular formula is C44H72N8O10S. The molecule has 0 aliphatic heterocycles. The number of nitrogens with zero attached hydrogens (tertiary/aromatic N) is 5. The van der Waals surface area contributed by atoms with E-state index < -0.39 is 58.5 Å². The summed E-state index contributed by atoms with van der Waals surface area (Å²) in [5, 5.41) is 15.5. The normalized spacial score (nSPS) is 12.6. The van der Waals surface area contributed by atoms with Crippen molar-refractivity contribution >= 4 is 59.4 Å². The maximum Gasteiger partial charge on any atom is 0.437 e. The Morgan fingerprint density at radius 1 is 0.667 bits per heavy atom. The number of ether oxygens (including phenoxy) is 5. The van der Waals surface area contributed by atoms with Gasteiger partial charge < -0.3 is 34.4 Å². The molecule has 1 aromatic heterocycles. The third-order valence-electron chi connectivity index (χ3n) is 7.13. The summed E-state index contributed by atoms with van der Waals surface area (Å²) < 4.78 is 27.7. The monoisotopic (exact) mass is 905 g/mol. The number of thiazole rings is 1. The Labute approximate surface area is 378 Å². The molecule has 0 aromatic carbocycles. The van der Waals surface area contributed by atoms with E-state index in [-0.39, 0.29) is 25.0 Å². The molecule has 0 spiro atoms. The Morgan fingerprint density at radius 3 is 1.60 bits per heavy atom. The number of unbranched alkanes of at least 4 members (excludes halogenated alkanes) is 5. The molecule has 0 bridgehead atoms. The number of hydrogen-bond acceptors (Lipinski definition) is 13. The molecule has 18 nitrogen and oxygen atoms in total. The number of amides is 5. The molecule has 354 valence electrons. The summed E-state index contributed by atoms with van der Waals surface area (Å²) in [5.74, 6) is 5.61. The molecular weight excluding hydrogens is 833 g/mol. The summed E-state index contributed by atoms with van der Waals surface area (Å²) in [4.78, 5) is 80.9. The third kappa shape index (κ3) is 26.7.